The van der Waals surface area contributed by atoms with Crippen molar-refractivity contribution in [1.82, 2.24) is 5.32 Å². The second-order valence-corrected chi connectivity index (χ2v) is 23.5. The number of carbonyl (C=O) groups excluding carboxylic acids is 1. The van der Waals surface area contributed by atoms with Gasteiger partial charge in [-0.05, 0) is 103 Å². The second kappa shape index (κ2) is 51.6. The molecule has 19 nitrogen and oxygen atoms in total. The predicted molar refractivity (Wildman–Crippen MR) is 350 cm³/mol. The van der Waals surface area contributed by atoms with Crippen molar-refractivity contribution in [2.24, 2.45) is 0 Å². The molecule has 0 spiro atoms. The monoisotopic (exact) mass is 1270 g/mol. The summed E-state index contributed by atoms with van der Waals surface area (Å²) in [5, 5.41) is 120. The topological polar surface area (TPSA) is 307 Å². The summed E-state index contributed by atoms with van der Waals surface area (Å²) in [7, 11) is 0. The first-order valence-corrected chi connectivity index (χ1v) is 33.8. The van der Waals surface area contributed by atoms with E-state index in [0.29, 0.717) is 12.8 Å². The van der Waals surface area contributed by atoms with Crippen LogP contribution in [0.5, 0.6) is 0 Å². The first-order valence-electron chi connectivity index (χ1n) is 33.8. The van der Waals surface area contributed by atoms with Crippen molar-refractivity contribution < 1.29 is 89.4 Å². The SMILES string of the molecule is CC/C=C\C/C=C\C/C=C\C/C=C\C/C=C\C/C=C\C/C=C\CCCCCCCCCCCC(=O)NC(COC1OC(CO)C(OC2OC(CO)C(OC3OC(CO)C(O)C(O)C3O)C(O)C2O)C(O)C1O)C(O)/C=C/CC/C=C/CC/C=C/CCCCCC. The minimum atomic E-state index is -1.99. The predicted octanol–water partition coefficient (Wildman–Crippen LogP) is 8.43. The minimum Gasteiger partial charge on any atom is -0.394 e. The van der Waals surface area contributed by atoms with Crippen LogP contribution < -0.4 is 5.32 Å². The first kappa shape index (κ1) is 80.4. The lowest BCUT2D eigenvalue weighted by Crippen LogP contribution is -2.66. The number of carbonyl (C=O) groups is 1. The summed E-state index contributed by atoms with van der Waals surface area (Å²) in [5.74, 6) is -0.303. The lowest BCUT2D eigenvalue weighted by Gasteiger charge is -2.48. The van der Waals surface area contributed by atoms with Crippen molar-refractivity contribution in [3.63, 3.8) is 0 Å². The van der Waals surface area contributed by atoms with Crippen molar-refractivity contribution in [1.29, 1.82) is 0 Å². The maximum atomic E-state index is 13.4. The Bertz CT molecular complexity index is 2100. The Kier molecular flexibility index (Phi) is 46.1. The van der Waals surface area contributed by atoms with Crippen molar-refractivity contribution in [3.8, 4) is 0 Å². The van der Waals surface area contributed by atoms with Gasteiger partial charge in [-0.3, -0.25) is 4.79 Å². The molecule has 17 atom stereocenters. The largest absolute Gasteiger partial charge is 0.394 e. The maximum Gasteiger partial charge on any atom is 0.220 e. The highest BCUT2D eigenvalue weighted by atomic mass is 16.8. The highest BCUT2D eigenvalue weighted by Crippen LogP contribution is 2.33. The van der Waals surface area contributed by atoms with E-state index in [1.807, 2.05) is 6.08 Å². The molecule has 1 amide bonds. The molecule has 17 unspecified atom stereocenters. The summed E-state index contributed by atoms with van der Waals surface area (Å²) in [4.78, 5) is 13.4. The van der Waals surface area contributed by atoms with Crippen LogP contribution in [-0.2, 0) is 33.2 Å². The average molecular weight is 1270 g/mol. The molecule has 0 radical (unpaired) electrons. The van der Waals surface area contributed by atoms with E-state index in [-0.39, 0.29) is 18.9 Å². The van der Waals surface area contributed by atoms with Gasteiger partial charge in [0, 0.05) is 6.42 Å². The molecule has 0 aromatic carbocycles. The molecule has 3 aliphatic rings. The highest BCUT2D eigenvalue weighted by molar-refractivity contribution is 5.76. The summed E-state index contributed by atoms with van der Waals surface area (Å²) in [6.07, 6.45) is 43.2. The lowest BCUT2D eigenvalue weighted by atomic mass is 9.96. The zero-order valence-corrected chi connectivity index (χ0v) is 54.1. The Labute approximate surface area is 538 Å². The van der Waals surface area contributed by atoms with Crippen molar-refractivity contribution in [3.05, 3.63) is 122 Å². The smallest absolute Gasteiger partial charge is 0.220 e. The van der Waals surface area contributed by atoms with E-state index in [1.165, 1.54) is 51.4 Å². The number of nitrogens with one attached hydrogen (secondary N) is 1. The van der Waals surface area contributed by atoms with Crippen LogP contribution in [0.4, 0.5) is 0 Å². The van der Waals surface area contributed by atoms with E-state index in [2.05, 4.69) is 129 Å². The van der Waals surface area contributed by atoms with Gasteiger partial charge in [-0.2, -0.15) is 0 Å². The fourth-order valence-corrected chi connectivity index (χ4v) is 10.5. The number of hydrogen-bond acceptors (Lipinski definition) is 18. The molecule has 0 aliphatic carbocycles. The van der Waals surface area contributed by atoms with Crippen molar-refractivity contribution >= 4 is 5.91 Å². The molecule has 3 fully saturated rings. The van der Waals surface area contributed by atoms with Crippen LogP contribution in [0.1, 0.15) is 187 Å². The Morgan fingerprint density at radius 2 is 0.778 bits per heavy atom. The van der Waals surface area contributed by atoms with Gasteiger partial charge in [0.2, 0.25) is 5.91 Å². The molecule has 3 heterocycles. The first-order chi connectivity index (χ1) is 43.8. The third kappa shape index (κ3) is 33.3. The van der Waals surface area contributed by atoms with Gasteiger partial charge >= 0.3 is 0 Å². The molecular weight excluding hydrogens is 1150 g/mol. The van der Waals surface area contributed by atoms with Gasteiger partial charge in [0.1, 0.15) is 73.2 Å². The second-order valence-electron chi connectivity index (χ2n) is 23.5. The van der Waals surface area contributed by atoms with Gasteiger partial charge < -0.3 is 89.9 Å². The van der Waals surface area contributed by atoms with Gasteiger partial charge in [0.25, 0.3) is 0 Å². The zero-order valence-electron chi connectivity index (χ0n) is 54.1. The molecule has 3 saturated heterocycles. The Morgan fingerprint density at radius 1 is 0.411 bits per heavy atom. The van der Waals surface area contributed by atoms with E-state index in [9.17, 15) is 61.0 Å². The molecule has 12 N–H and O–H groups in total. The van der Waals surface area contributed by atoms with E-state index in [1.54, 1.807) is 6.08 Å². The molecule has 0 bridgehead atoms. The lowest BCUT2D eigenvalue weighted by molar-refractivity contribution is -0.379. The number of aliphatic hydroxyl groups excluding tert-OH is 11. The molecule has 19 heteroatoms. The summed E-state index contributed by atoms with van der Waals surface area (Å²) in [5.41, 5.74) is 0. The molecule has 514 valence electrons. The molecule has 90 heavy (non-hydrogen) atoms. The summed E-state index contributed by atoms with van der Waals surface area (Å²) < 4.78 is 34.3. The number of allylic oxidation sites excluding steroid dienone is 19. The summed E-state index contributed by atoms with van der Waals surface area (Å²) in [6.45, 7) is 1.53. The van der Waals surface area contributed by atoms with Gasteiger partial charge in [-0.15, -0.1) is 0 Å². The number of hydrogen-bond donors (Lipinski definition) is 12. The standard InChI is InChI=1S/C71H117NO18/c1-3-5-7-9-11-13-15-17-19-20-21-22-23-24-25-26-27-28-29-30-31-32-33-34-35-37-39-41-43-45-47-49-59(77)72-54(55(76)48-46-44-42-40-38-36-18-16-14-12-10-8-6-4-2)53-85-69-65(83)62(80)67(57(51-74)87-69)90-71-66(84)63(81)68(58(52-75)88-71)89-70-64(82)61(79)60(78)56(50-73)86-70/h5,7,11,13-14,16-17,19,21-22,24-25,27-28,30-31,38,40,46,48,54-58,60-71,73-76,78-84H,3-4,6,8-10,12,15,18,20,23,26,29,32-37,39,41-45,47,49-53H2,1-2H3,(H,72,77)/b7-5-,13-11-,16-14+,19-17-,22-21-,25-24-,28-27-,31-30-,40-38+,48-46+. The van der Waals surface area contributed by atoms with Crippen LogP contribution >= 0.6 is 0 Å². The maximum absolute atomic E-state index is 13.4. The molecule has 0 aromatic heterocycles. The van der Waals surface area contributed by atoms with Crippen LogP contribution in [0.15, 0.2) is 122 Å². The van der Waals surface area contributed by atoms with Crippen LogP contribution in [0, 0.1) is 0 Å². The molecule has 0 saturated carbocycles. The zero-order chi connectivity index (χ0) is 65.4. The number of aliphatic hydroxyl groups is 11. The molecule has 0 aromatic rings. The van der Waals surface area contributed by atoms with Gasteiger partial charge in [0.15, 0.2) is 18.9 Å². The van der Waals surface area contributed by atoms with Crippen molar-refractivity contribution in [2.45, 2.75) is 291 Å². The normalized spacial score (nSPS) is 28.8. The van der Waals surface area contributed by atoms with Gasteiger partial charge in [0.05, 0.1) is 38.6 Å². The van der Waals surface area contributed by atoms with Crippen LogP contribution in [0.2, 0.25) is 0 Å². The van der Waals surface area contributed by atoms with E-state index in [0.717, 1.165) is 103 Å². The number of rotatable bonds is 49. The van der Waals surface area contributed by atoms with Gasteiger partial charge in [-0.25, -0.2) is 0 Å². The Balaban J connectivity index is 1.42. The van der Waals surface area contributed by atoms with Crippen LogP contribution in [-0.4, -0.2) is 193 Å². The quantitative estimate of drug-likeness (QED) is 0.0201. The van der Waals surface area contributed by atoms with Crippen LogP contribution in [0.3, 0.4) is 0 Å². The molecule has 3 aliphatic heterocycles. The van der Waals surface area contributed by atoms with E-state index >= 15 is 0 Å². The number of ether oxygens (including phenoxy) is 6. The molecule has 3 rings (SSSR count). The number of amides is 1. The Hall–Kier alpha value is -3.81. The summed E-state index contributed by atoms with van der Waals surface area (Å²) in [6, 6.07) is -1.01. The van der Waals surface area contributed by atoms with Crippen molar-refractivity contribution in [2.75, 3.05) is 26.4 Å². The fourth-order valence-electron chi connectivity index (χ4n) is 10.5. The average Bonchev–Trinajstić information content (AvgIpc) is 0.908. The number of unbranched alkanes of at least 4 members (excludes halogenated alkanes) is 15. The van der Waals surface area contributed by atoms with Crippen LogP contribution in [0.25, 0.3) is 0 Å². The van der Waals surface area contributed by atoms with Gasteiger partial charge in [-0.1, -0.05) is 200 Å². The van der Waals surface area contributed by atoms with E-state index < -0.39 is 124 Å². The minimum absolute atomic E-state index is 0.216. The Morgan fingerprint density at radius 3 is 1.24 bits per heavy atom. The third-order valence-corrected chi connectivity index (χ3v) is 16.0. The molecular formula is C71H117NO18. The highest BCUT2D eigenvalue weighted by Gasteiger charge is 2.53. The summed E-state index contributed by atoms with van der Waals surface area (Å²) >= 11 is 0. The third-order valence-electron chi connectivity index (χ3n) is 16.0. The fraction of sp³-hybridized carbons (Fsp3) is 0.704. The van der Waals surface area contributed by atoms with E-state index in [4.69, 9.17) is 28.4 Å².